The van der Waals surface area contributed by atoms with Gasteiger partial charge in [0.15, 0.2) is 5.82 Å². The maximum absolute atomic E-state index is 7.43. The van der Waals surface area contributed by atoms with Crippen molar-refractivity contribution >= 4 is 11.7 Å². The van der Waals surface area contributed by atoms with Gasteiger partial charge in [0.2, 0.25) is 0 Å². The van der Waals surface area contributed by atoms with E-state index in [-0.39, 0.29) is 11.9 Å². The Balaban J connectivity index is 2.21. The molecule has 0 aromatic carbocycles. The molecule has 1 aromatic heterocycles. The zero-order valence-corrected chi connectivity index (χ0v) is 10.1. The molecule has 1 unspecified atom stereocenters. The molecule has 1 atom stereocenters. The van der Waals surface area contributed by atoms with Gasteiger partial charge in [0.05, 0.1) is 24.5 Å². The molecule has 1 aliphatic heterocycles. The van der Waals surface area contributed by atoms with E-state index in [1.54, 1.807) is 6.20 Å². The van der Waals surface area contributed by atoms with Crippen molar-refractivity contribution in [2.24, 2.45) is 5.73 Å². The van der Waals surface area contributed by atoms with E-state index >= 15 is 0 Å². The first-order chi connectivity index (χ1) is 8.08. The lowest BCUT2D eigenvalue weighted by atomic mass is 10.2. The Morgan fingerprint density at radius 1 is 1.59 bits per heavy atom. The predicted molar refractivity (Wildman–Crippen MR) is 65.4 cm³/mol. The number of aromatic nitrogens is 2. The van der Waals surface area contributed by atoms with Crippen LogP contribution in [0.3, 0.4) is 0 Å². The molecule has 2 rings (SSSR count). The van der Waals surface area contributed by atoms with Crippen LogP contribution in [-0.2, 0) is 4.74 Å². The fraction of sp³-hybridized carbons (Fsp3) is 0.545. The third-order valence-corrected chi connectivity index (χ3v) is 2.76. The van der Waals surface area contributed by atoms with Crippen molar-refractivity contribution in [3.05, 3.63) is 17.6 Å². The summed E-state index contributed by atoms with van der Waals surface area (Å²) in [5, 5.41) is 7.43. The molecule has 2 heterocycles. The number of nitrogens with zero attached hydrogens (tertiary/aromatic N) is 3. The van der Waals surface area contributed by atoms with Crippen LogP contribution in [0.25, 0.3) is 0 Å². The summed E-state index contributed by atoms with van der Waals surface area (Å²) in [7, 11) is 0. The molecule has 0 radical (unpaired) electrons. The molecule has 0 bridgehead atoms. The van der Waals surface area contributed by atoms with E-state index in [4.69, 9.17) is 15.9 Å². The maximum Gasteiger partial charge on any atom is 0.150 e. The minimum Gasteiger partial charge on any atom is -0.385 e. The minimum absolute atomic E-state index is 0.0629. The van der Waals surface area contributed by atoms with E-state index in [0.29, 0.717) is 13.2 Å². The Hall–Kier alpha value is -1.69. The number of amidine groups is 1. The van der Waals surface area contributed by atoms with Gasteiger partial charge in [-0.3, -0.25) is 10.4 Å². The Bertz CT molecular complexity index is 434. The van der Waals surface area contributed by atoms with Gasteiger partial charge in [-0.15, -0.1) is 0 Å². The van der Waals surface area contributed by atoms with Crippen LogP contribution in [-0.4, -0.2) is 41.6 Å². The van der Waals surface area contributed by atoms with Crippen LogP contribution in [0.4, 0.5) is 5.82 Å². The van der Waals surface area contributed by atoms with Crippen molar-refractivity contribution < 1.29 is 4.74 Å². The van der Waals surface area contributed by atoms with Crippen LogP contribution in [0.1, 0.15) is 11.4 Å². The Kier molecular flexibility index (Phi) is 3.23. The van der Waals surface area contributed by atoms with Gasteiger partial charge in [0, 0.05) is 12.7 Å². The smallest absolute Gasteiger partial charge is 0.150 e. The van der Waals surface area contributed by atoms with Gasteiger partial charge in [-0.25, -0.2) is 4.98 Å². The third kappa shape index (κ3) is 2.52. The number of ether oxygens (including phenoxy) is 1. The first kappa shape index (κ1) is 11.8. The highest BCUT2D eigenvalue weighted by molar-refractivity contribution is 5.82. The zero-order valence-electron chi connectivity index (χ0n) is 10.1. The zero-order chi connectivity index (χ0) is 12.4. The van der Waals surface area contributed by atoms with Crippen LogP contribution < -0.4 is 10.6 Å². The predicted octanol–water partition coefficient (Wildman–Crippen LogP) is 0.235. The molecule has 1 aliphatic rings. The average molecular weight is 235 g/mol. The molecule has 1 aromatic rings. The summed E-state index contributed by atoms with van der Waals surface area (Å²) in [6, 6.07) is 0. The van der Waals surface area contributed by atoms with E-state index < -0.39 is 0 Å². The Morgan fingerprint density at radius 2 is 2.35 bits per heavy atom. The topological polar surface area (TPSA) is 88.1 Å². The summed E-state index contributed by atoms with van der Waals surface area (Å²) in [5.74, 6) is 0.924. The van der Waals surface area contributed by atoms with Gasteiger partial charge in [0.1, 0.15) is 11.9 Å². The standard InChI is InChI=1S/C11H17N5O/c1-7-5-14-8(2)11(15-7)16-3-4-17-9(6-16)10(12)13/h5,9H,3-4,6H2,1-2H3,(H3,12,13). The van der Waals surface area contributed by atoms with E-state index in [1.807, 2.05) is 13.8 Å². The molecular weight excluding hydrogens is 218 g/mol. The number of nitrogens with two attached hydrogens (primary N) is 1. The first-order valence-corrected chi connectivity index (χ1v) is 5.58. The third-order valence-electron chi connectivity index (χ3n) is 2.76. The molecule has 1 saturated heterocycles. The fourth-order valence-corrected chi connectivity index (χ4v) is 1.85. The van der Waals surface area contributed by atoms with E-state index in [9.17, 15) is 0 Å². The van der Waals surface area contributed by atoms with Crippen LogP contribution in [0.2, 0.25) is 0 Å². The van der Waals surface area contributed by atoms with Crippen molar-refractivity contribution in [1.29, 1.82) is 5.41 Å². The highest BCUT2D eigenvalue weighted by Crippen LogP contribution is 2.18. The Labute approximate surface area is 100 Å². The molecule has 3 N–H and O–H groups in total. The summed E-state index contributed by atoms with van der Waals surface area (Å²) < 4.78 is 5.42. The number of morpholine rings is 1. The van der Waals surface area contributed by atoms with Crippen LogP contribution in [0.5, 0.6) is 0 Å². The second-order valence-corrected chi connectivity index (χ2v) is 4.18. The molecule has 0 amide bonds. The summed E-state index contributed by atoms with van der Waals surface area (Å²) in [6.45, 7) is 5.72. The molecule has 6 heteroatoms. The monoisotopic (exact) mass is 235 g/mol. The summed E-state index contributed by atoms with van der Waals surface area (Å²) in [6.07, 6.45) is 1.41. The van der Waals surface area contributed by atoms with Gasteiger partial charge < -0.3 is 15.4 Å². The largest absolute Gasteiger partial charge is 0.385 e. The molecule has 1 fully saturated rings. The molecular formula is C11H17N5O. The molecule has 0 spiro atoms. The lowest BCUT2D eigenvalue weighted by Gasteiger charge is -2.33. The Morgan fingerprint density at radius 3 is 3.06 bits per heavy atom. The number of hydrogen-bond acceptors (Lipinski definition) is 5. The van der Waals surface area contributed by atoms with Gasteiger partial charge in [-0.2, -0.15) is 0 Å². The second kappa shape index (κ2) is 4.67. The number of hydrogen-bond donors (Lipinski definition) is 2. The number of rotatable bonds is 2. The van der Waals surface area contributed by atoms with Crippen molar-refractivity contribution in [2.75, 3.05) is 24.6 Å². The fourth-order valence-electron chi connectivity index (χ4n) is 1.85. The quantitative estimate of drug-likeness (QED) is 0.566. The van der Waals surface area contributed by atoms with Crippen molar-refractivity contribution in [3.8, 4) is 0 Å². The molecule has 92 valence electrons. The van der Waals surface area contributed by atoms with Crippen molar-refractivity contribution in [2.45, 2.75) is 20.0 Å². The van der Waals surface area contributed by atoms with Gasteiger partial charge >= 0.3 is 0 Å². The summed E-state index contributed by atoms with van der Waals surface area (Å²) in [5.41, 5.74) is 7.25. The van der Waals surface area contributed by atoms with E-state index in [2.05, 4.69) is 14.9 Å². The maximum atomic E-state index is 7.43. The highest BCUT2D eigenvalue weighted by Gasteiger charge is 2.24. The summed E-state index contributed by atoms with van der Waals surface area (Å²) in [4.78, 5) is 10.9. The van der Waals surface area contributed by atoms with Crippen molar-refractivity contribution in [3.63, 3.8) is 0 Å². The van der Waals surface area contributed by atoms with E-state index in [0.717, 1.165) is 23.8 Å². The number of nitrogens with one attached hydrogen (secondary N) is 1. The van der Waals surface area contributed by atoms with E-state index in [1.165, 1.54) is 0 Å². The molecule has 0 saturated carbocycles. The normalized spacial score (nSPS) is 20.4. The summed E-state index contributed by atoms with van der Waals surface area (Å²) >= 11 is 0. The molecule has 6 nitrogen and oxygen atoms in total. The van der Waals surface area contributed by atoms with Crippen LogP contribution in [0, 0.1) is 19.3 Å². The van der Waals surface area contributed by atoms with Gasteiger partial charge in [0.25, 0.3) is 0 Å². The van der Waals surface area contributed by atoms with Crippen molar-refractivity contribution in [1.82, 2.24) is 9.97 Å². The number of anilines is 1. The highest BCUT2D eigenvalue weighted by atomic mass is 16.5. The molecule has 0 aliphatic carbocycles. The van der Waals surface area contributed by atoms with Gasteiger partial charge in [-0.1, -0.05) is 0 Å². The van der Waals surface area contributed by atoms with Gasteiger partial charge in [-0.05, 0) is 13.8 Å². The second-order valence-electron chi connectivity index (χ2n) is 4.18. The minimum atomic E-state index is -0.342. The lowest BCUT2D eigenvalue weighted by Crippen LogP contribution is -2.48. The first-order valence-electron chi connectivity index (χ1n) is 5.58. The average Bonchev–Trinajstić information content (AvgIpc) is 2.32. The van der Waals surface area contributed by atoms with Crippen LogP contribution >= 0.6 is 0 Å². The molecule has 17 heavy (non-hydrogen) atoms. The van der Waals surface area contributed by atoms with Crippen LogP contribution in [0.15, 0.2) is 6.20 Å². The lowest BCUT2D eigenvalue weighted by molar-refractivity contribution is 0.0822. The number of aryl methyl sites for hydroxylation is 2. The SMILES string of the molecule is Cc1cnc(C)c(N2CCOC(C(=N)N)C2)n1.